The van der Waals surface area contributed by atoms with Gasteiger partial charge < -0.3 is 0 Å². The molecule has 0 N–H and O–H groups in total. The van der Waals surface area contributed by atoms with Crippen molar-refractivity contribution in [3.8, 4) is 50.7 Å². The molecule has 0 bridgehead atoms. The van der Waals surface area contributed by atoms with Crippen LogP contribution in [0.3, 0.4) is 0 Å². The van der Waals surface area contributed by atoms with Crippen LogP contribution in [0.4, 0.5) is 0 Å². The van der Waals surface area contributed by atoms with E-state index in [-0.39, 0.29) is 0 Å². The van der Waals surface area contributed by atoms with E-state index in [9.17, 15) is 0 Å². The van der Waals surface area contributed by atoms with Crippen molar-refractivity contribution in [3.05, 3.63) is 140 Å². The molecule has 0 radical (unpaired) electrons. The quantitative estimate of drug-likeness (QED) is 0.232. The number of aromatic nitrogens is 3. The maximum Gasteiger partial charge on any atom is 0.235 e. The first-order chi connectivity index (χ1) is 20.3. The molecule has 2 aromatic heterocycles. The fourth-order valence-corrected chi connectivity index (χ4v) is 6.61. The zero-order chi connectivity index (χ0) is 26.9. The molecular weight excluding hydrogens is 498 g/mol. The number of benzene rings is 6. The molecule has 3 nitrogen and oxygen atoms in total. The summed E-state index contributed by atoms with van der Waals surface area (Å²) < 4.78 is 2.25. The van der Waals surface area contributed by atoms with Gasteiger partial charge in [-0.05, 0) is 51.2 Å². The van der Waals surface area contributed by atoms with Gasteiger partial charge in [0.1, 0.15) is 0 Å². The van der Waals surface area contributed by atoms with Gasteiger partial charge in [0.2, 0.25) is 5.95 Å². The van der Waals surface area contributed by atoms with E-state index < -0.39 is 0 Å². The SMILES string of the molecule is c1ccc(-c2cc(-c3ccccc3)nc(-n3c4cccc5c4c4c(cccc43)-c3cccc4cccc-5c34)n2)cc1. The third kappa shape index (κ3) is 3.20. The highest BCUT2D eigenvalue weighted by molar-refractivity contribution is 6.27. The molecule has 6 aromatic carbocycles. The number of hydrogen-bond acceptors (Lipinski definition) is 2. The molecule has 0 atom stereocenters. The highest BCUT2D eigenvalue weighted by Gasteiger charge is 2.25. The van der Waals surface area contributed by atoms with E-state index in [2.05, 4.69) is 132 Å². The largest absolute Gasteiger partial charge is 0.278 e. The van der Waals surface area contributed by atoms with Crippen molar-refractivity contribution in [2.45, 2.75) is 0 Å². The number of hydrogen-bond donors (Lipinski definition) is 0. The fourth-order valence-electron chi connectivity index (χ4n) is 6.61. The molecule has 1 aliphatic rings. The summed E-state index contributed by atoms with van der Waals surface area (Å²) >= 11 is 0. The summed E-state index contributed by atoms with van der Waals surface area (Å²) in [7, 11) is 0. The van der Waals surface area contributed by atoms with Gasteiger partial charge in [0.25, 0.3) is 0 Å². The summed E-state index contributed by atoms with van der Waals surface area (Å²) in [6.45, 7) is 0. The smallest absolute Gasteiger partial charge is 0.235 e. The molecular formula is C38H23N3. The van der Waals surface area contributed by atoms with Crippen molar-refractivity contribution in [1.29, 1.82) is 0 Å². The van der Waals surface area contributed by atoms with Gasteiger partial charge in [0.15, 0.2) is 0 Å². The van der Waals surface area contributed by atoms with Crippen LogP contribution in [0.5, 0.6) is 0 Å². The minimum Gasteiger partial charge on any atom is -0.278 e. The van der Waals surface area contributed by atoms with Crippen molar-refractivity contribution in [2.75, 3.05) is 0 Å². The van der Waals surface area contributed by atoms with Gasteiger partial charge in [-0.25, -0.2) is 9.97 Å². The highest BCUT2D eigenvalue weighted by atomic mass is 15.2. The third-order valence-corrected chi connectivity index (χ3v) is 8.36. The molecule has 8 aromatic rings. The topological polar surface area (TPSA) is 30.7 Å². The summed E-state index contributed by atoms with van der Waals surface area (Å²) in [6.07, 6.45) is 0. The van der Waals surface area contributed by atoms with E-state index in [0.29, 0.717) is 5.95 Å². The molecule has 0 aliphatic heterocycles. The van der Waals surface area contributed by atoms with Crippen molar-refractivity contribution in [1.82, 2.24) is 14.5 Å². The second-order valence-corrected chi connectivity index (χ2v) is 10.6. The maximum absolute atomic E-state index is 5.21. The predicted octanol–water partition coefficient (Wildman–Crippen LogP) is 9.71. The molecule has 0 saturated carbocycles. The molecule has 41 heavy (non-hydrogen) atoms. The summed E-state index contributed by atoms with van der Waals surface area (Å²) in [5.74, 6) is 0.673. The van der Waals surface area contributed by atoms with E-state index >= 15 is 0 Å². The molecule has 0 fully saturated rings. The lowest BCUT2D eigenvalue weighted by Crippen LogP contribution is -2.04. The van der Waals surface area contributed by atoms with Crippen LogP contribution in [0.15, 0.2) is 140 Å². The molecule has 1 aliphatic carbocycles. The fraction of sp³-hybridized carbons (Fsp3) is 0. The van der Waals surface area contributed by atoms with Crippen LogP contribution in [0.25, 0.3) is 83.3 Å². The first-order valence-electron chi connectivity index (χ1n) is 13.9. The Hall–Kier alpha value is -5.54. The van der Waals surface area contributed by atoms with Gasteiger partial charge in [-0.3, -0.25) is 4.57 Å². The summed E-state index contributed by atoms with van der Waals surface area (Å²) in [5.41, 5.74) is 11.2. The lowest BCUT2D eigenvalue weighted by molar-refractivity contribution is 0.996. The van der Waals surface area contributed by atoms with Crippen molar-refractivity contribution in [2.24, 2.45) is 0 Å². The Morgan fingerprint density at radius 3 is 1.32 bits per heavy atom. The molecule has 2 heterocycles. The minimum absolute atomic E-state index is 0.673. The number of fused-ring (bicyclic) bond motifs is 2. The normalized spacial score (nSPS) is 11.9. The molecule has 9 rings (SSSR count). The monoisotopic (exact) mass is 521 g/mol. The number of rotatable bonds is 3. The van der Waals surface area contributed by atoms with Crippen molar-refractivity contribution in [3.63, 3.8) is 0 Å². The zero-order valence-electron chi connectivity index (χ0n) is 22.1. The molecule has 0 spiro atoms. The summed E-state index contributed by atoms with van der Waals surface area (Å²) in [6, 6.07) is 49.4. The Morgan fingerprint density at radius 2 is 0.829 bits per heavy atom. The van der Waals surface area contributed by atoms with Gasteiger partial charge in [0.05, 0.1) is 22.4 Å². The van der Waals surface area contributed by atoms with E-state index in [0.717, 1.165) is 33.5 Å². The van der Waals surface area contributed by atoms with Crippen molar-refractivity contribution >= 4 is 32.6 Å². The molecule has 0 saturated heterocycles. The van der Waals surface area contributed by atoms with E-state index in [1.807, 2.05) is 12.1 Å². The van der Waals surface area contributed by atoms with Crippen LogP contribution in [0, 0.1) is 0 Å². The standard InChI is InChI=1S/C38H23N3/c1-3-11-24(12-4-1)31-23-32(25-13-5-2-6-14-25)40-38(39-31)41-33-21-9-19-29-27-17-7-15-26-16-8-18-28(35(26)27)30-20-10-22-34(41)37(30)36(29)33/h1-23H. The average molecular weight is 522 g/mol. The molecule has 0 unspecified atom stereocenters. The van der Waals surface area contributed by atoms with Crippen LogP contribution in [-0.4, -0.2) is 14.5 Å². The Balaban J connectivity index is 1.43. The van der Waals surface area contributed by atoms with Crippen LogP contribution < -0.4 is 0 Å². The zero-order valence-corrected chi connectivity index (χ0v) is 22.1. The highest BCUT2D eigenvalue weighted by Crippen LogP contribution is 2.49. The van der Waals surface area contributed by atoms with Crippen LogP contribution >= 0.6 is 0 Å². The number of nitrogens with zero attached hydrogens (tertiary/aromatic N) is 3. The Bertz CT molecular complexity index is 2140. The van der Waals surface area contributed by atoms with E-state index in [1.165, 1.54) is 43.8 Å². The second kappa shape index (κ2) is 8.48. The first kappa shape index (κ1) is 22.3. The van der Waals surface area contributed by atoms with Gasteiger partial charge in [-0.1, -0.05) is 121 Å². The molecule has 190 valence electrons. The van der Waals surface area contributed by atoms with Crippen LogP contribution in [0.1, 0.15) is 0 Å². The summed E-state index contributed by atoms with van der Waals surface area (Å²) in [5, 5.41) is 5.07. The lowest BCUT2D eigenvalue weighted by atomic mass is 9.93. The predicted molar refractivity (Wildman–Crippen MR) is 169 cm³/mol. The van der Waals surface area contributed by atoms with Gasteiger partial charge in [0, 0.05) is 21.9 Å². The van der Waals surface area contributed by atoms with Crippen LogP contribution in [0.2, 0.25) is 0 Å². The Morgan fingerprint density at radius 1 is 0.390 bits per heavy atom. The Labute approximate surface area is 237 Å². The Kier molecular flexibility index (Phi) is 4.61. The molecule has 3 heteroatoms. The van der Waals surface area contributed by atoms with Gasteiger partial charge in [-0.15, -0.1) is 0 Å². The van der Waals surface area contributed by atoms with Crippen molar-refractivity contribution < 1.29 is 0 Å². The van der Waals surface area contributed by atoms with Gasteiger partial charge >= 0.3 is 0 Å². The second-order valence-electron chi connectivity index (χ2n) is 10.6. The molecule has 0 amide bonds. The van der Waals surface area contributed by atoms with E-state index in [4.69, 9.17) is 9.97 Å². The van der Waals surface area contributed by atoms with Crippen LogP contribution in [-0.2, 0) is 0 Å². The third-order valence-electron chi connectivity index (χ3n) is 8.36. The maximum atomic E-state index is 5.21. The lowest BCUT2D eigenvalue weighted by Gasteiger charge is -2.14. The first-order valence-corrected chi connectivity index (χ1v) is 13.9. The van der Waals surface area contributed by atoms with Gasteiger partial charge in [-0.2, -0.15) is 0 Å². The minimum atomic E-state index is 0.673. The average Bonchev–Trinajstić information content (AvgIpc) is 3.33. The summed E-state index contributed by atoms with van der Waals surface area (Å²) in [4.78, 5) is 10.4. The van der Waals surface area contributed by atoms with E-state index in [1.54, 1.807) is 0 Å².